The normalized spacial score (nSPS) is 10.2. The number of anilines is 1. The Bertz CT molecular complexity index is 463. The maximum atomic E-state index is 11.5. The number of nitrogens with zero attached hydrogens (tertiary/aromatic N) is 2. The first-order valence-electron chi connectivity index (χ1n) is 6.44. The molecule has 0 aliphatic rings. The highest BCUT2D eigenvalue weighted by Crippen LogP contribution is 2.03. The summed E-state index contributed by atoms with van der Waals surface area (Å²) in [6.07, 6.45) is 3.14. The molecule has 0 unspecified atom stereocenters. The third-order valence-corrected chi connectivity index (χ3v) is 2.39. The summed E-state index contributed by atoms with van der Waals surface area (Å²) in [5, 5.41) is 5.76. The molecule has 0 atom stereocenters. The third kappa shape index (κ3) is 5.64. The van der Waals surface area contributed by atoms with E-state index in [1.165, 1.54) is 19.5 Å². The van der Waals surface area contributed by atoms with Gasteiger partial charge in [-0.3, -0.25) is 9.78 Å². The van der Waals surface area contributed by atoms with E-state index in [1.54, 1.807) is 0 Å². The average molecular weight is 280 g/mol. The quantitative estimate of drug-likeness (QED) is 0.719. The van der Waals surface area contributed by atoms with Crippen LogP contribution in [-0.2, 0) is 9.53 Å². The number of methoxy groups -OCH3 is 1. The summed E-state index contributed by atoms with van der Waals surface area (Å²) in [6.45, 7) is 5.15. The Morgan fingerprint density at radius 2 is 2.10 bits per heavy atom. The fourth-order valence-electron chi connectivity index (χ4n) is 1.36. The van der Waals surface area contributed by atoms with E-state index in [0.29, 0.717) is 31.2 Å². The largest absolute Gasteiger partial charge is 0.464 e. The van der Waals surface area contributed by atoms with Crippen molar-refractivity contribution >= 4 is 17.7 Å². The highest BCUT2D eigenvalue weighted by Gasteiger charge is 2.08. The Morgan fingerprint density at radius 1 is 1.35 bits per heavy atom. The Morgan fingerprint density at radius 3 is 2.75 bits per heavy atom. The van der Waals surface area contributed by atoms with E-state index < -0.39 is 5.97 Å². The molecule has 0 radical (unpaired) electrons. The van der Waals surface area contributed by atoms with Crippen LogP contribution in [0.4, 0.5) is 5.82 Å². The van der Waals surface area contributed by atoms with Crippen molar-refractivity contribution in [1.29, 1.82) is 0 Å². The first-order valence-corrected chi connectivity index (χ1v) is 6.44. The average Bonchev–Trinajstić information content (AvgIpc) is 2.44. The molecule has 1 heterocycles. The zero-order valence-corrected chi connectivity index (χ0v) is 12.0. The Hall–Kier alpha value is -2.18. The summed E-state index contributed by atoms with van der Waals surface area (Å²) in [5.74, 6) is 0.290. The number of carbonyl (C=O) groups is 2. The van der Waals surface area contributed by atoms with Gasteiger partial charge in [0, 0.05) is 19.5 Å². The maximum absolute atomic E-state index is 11.5. The predicted molar refractivity (Wildman–Crippen MR) is 74.3 cm³/mol. The van der Waals surface area contributed by atoms with E-state index in [9.17, 15) is 9.59 Å². The Kier molecular flexibility index (Phi) is 6.42. The summed E-state index contributed by atoms with van der Waals surface area (Å²) in [6, 6.07) is 0. The lowest BCUT2D eigenvalue weighted by molar-refractivity contribution is -0.120. The summed E-state index contributed by atoms with van der Waals surface area (Å²) in [5.41, 5.74) is 0.127. The molecule has 110 valence electrons. The molecule has 0 fully saturated rings. The minimum atomic E-state index is -0.546. The molecular weight excluding hydrogens is 260 g/mol. The van der Waals surface area contributed by atoms with Gasteiger partial charge in [0.25, 0.3) is 0 Å². The Balaban J connectivity index is 2.38. The fraction of sp³-hybridized carbons (Fsp3) is 0.538. The predicted octanol–water partition coefficient (Wildman–Crippen LogP) is 0.837. The van der Waals surface area contributed by atoms with Gasteiger partial charge in [0.15, 0.2) is 5.69 Å². The number of hydrogen-bond donors (Lipinski definition) is 2. The lowest BCUT2D eigenvalue weighted by Crippen LogP contribution is -2.28. The molecule has 2 N–H and O–H groups in total. The van der Waals surface area contributed by atoms with Crippen LogP contribution >= 0.6 is 0 Å². The molecule has 0 spiro atoms. The lowest BCUT2D eigenvalue weighted by Gasteiger charge is -2.08. The number of amides is 1. The van der Waals surface area contributed by atoms with E-state index in [0.717, 1.165) is 0 Å². The van der Waals surface area contributed by atoms with Crippen LogP contribution < -0.4 is 10.6 Å². The topological polar surface area (TPSA) is 93.2 Å². The number of carbonyl (C=O) groups excluding carboxylic acids is 2. The van der Waals surface area contributed by atoms with Gasteiger partial charge >= 0.3 is 5.97 Å². The second kappa shape index (κ2) is 8.08. The van der Waals surface area contributed by atoms with Crippen molar-refractivity contribution in [2.45, 2.75) is 20.3 Å². The van der Waals surface area contributed by atoms with Gasteiger partial charge in [0.05, 0.1) is 19.5 Å². The first-order chi connectivity index (χ1) is 9.52. The zero-order valence-electron chi connectivity index (χ0n) is 12.0. The molecule has 7 heteroatoms. The van der Waals surface area contributed by atoms with Crippen molar-refractivity contribution < 1.29 is 14.3 Å². The second-order valence-electron chi connectivity index (χ2n) is 4.66. The molecule has 1 aromatic rings. The molecule has 0 aromatic carbocycles. The first kappa shape index (κ1) is 15.9. The summed E-state index contributed by atoms with van der Waals surface area (Å²) in [4.78, 5) is 30.7. The van der Waals surface area contributed by atoms with Crippen molar-refractivity contribution in [3.8, 4) is 0 Å². The number of rotatable bonds is 7. The van der Waals surface area contributed by atoms with E-state index in [1.807, 2.05) is 13.8 Å². The smallest absolute Gasteiger partial charge is 0.358 e. The third-order valence-electron chi connectivity index (χ3n) is 2.39. The number of aromatic nitrogens is 2. The SMILES string of the molecule is COC(=O)c1cncc(NCCC(=O)NCC(C)C)n1. The van der Waals surface area contributed by atoms with Crippen LogP contribution in [0.5, 0.6) is 0 Å². The van der Waals surface area contributed by atoms with E-state index in [4.69, 9.17) is 0 Å². The van der Waals surface area contributed by atoms with Crippen LogP contribution in [-0.4, -0.2) is 42.0 Å². The van der Waals surface area contributed by atoms with Crippen molar-refractivity contribution in [1.82, 2.24) is 15.3 Å². The van der Waals surface area contributed by atoms with Crippen LogP contribution in [0.3, 0.4) is 0 Å². The monoisotopic (exact) mass is 280 g/mol. The van der Waals surface area contributed by atoms with E-state index >= 15 is 0 Å². The van der Waals surface area contributed by atoms with Crippen LogP contribution in [0, 0.1) is 5.92 Å². The molecule has 0 aliphatic heterocycles. The Labute approximate surface area is 118 Å². The molecule has 0 aliphatic carbocycles. The molecule has 1 rings (SSSR count). The second-order valence-corrected chi connectivity index (χ2v) is 4.66. The number of esters is 1. The molecular formula is C13H20N4O3. The molecule has 0 bridgehead atoms. The highest BCUT2D eigenvalue weighted by atomic mass is 16.5. The van der Waals surface area contributed by atoms with Gasteiger partial charge < -0.3 is 15.4 Å². The maximum Gasteiger partial charge on any atom is 0.358 e. The van der Waals surface area contributed by atoms with Crippen molar-refractivity contribution in [3.05, 3.63) is 18.1 Å². The van der Waals surface area contributed by atoms with Crippen molar-refractivity contribution in [3.63, 3.8) is 0 Å². The van der Waals surface area contributed by atoms with E-state index in [2.05, 4.69) is 25.3 Å². The van der Waals surface area contributed by atoms with Gasteiger partial charge in [-0.2, -0.15) is 0 Å². The highest BCUT2D eigenvalue weighted by molar-refractivity contribution is 5.87. The van der Waals surface area contributed by atoms with Crippen molar-refractivity contribution in [2.24, 2.45) is 5.92 Å². The van der Waals surface area contributed by atoms with Gasteiger partial charge in [-0.05, 0) is 5.92 Å². The zero-order chi connectivity index (χ0) is 15.0. The van der Waals surface area contributed by atoms with Crippen LogP contribution in [0.25, 0.3) is 0 Å². The van der Waals surface area contributed by atoms with Crippen LogP contribution in [0.1, 0.15) is 30.8 Å². The molecule has 1 aromatic heterocycles. The van der Waals surface area contributed by atoms with E-state index in [-0.39, 0.29) is 11.6 Å². The summed E-state index contributed by atoms with van der Waals surface area (Å²) < 4.78 is 4.55. The minimum absolute atomic E-state index is 0.0247. The molecule has 20 heavy (non-hydrogen) atoms. The molecule has 0 saturated heterocycles. The number of nitrogens with one attached hydrogen (secondary N) is 2. The molecule has 7 nitrogen and oxygen atoms in total. The van der Waals surface area contributed by atoms with Crippen molar-refractivity contribution in [2.75, 3.05) is 25.5 Å². The van der Waals surface area contributed by atoms with Gasteiger partial charge in [0.2, 0.25) is 5.91 Å². The number of ether oxygens (including phenoxy) is 1. The fourth-order valence-corrected chi connectivity index (χ4v) is 1.36. The number of hydrogen-bond acceptors (Lipinski definition) is 6. The molecule has 0 saturated carbocycles. The summed E-state index contributed by atoms with van der Waals surface area (Å²) in [7, 11) is 1.28. The van der Waals surface area contributed by atoms with Crippen LogP contribution in [0.2, 0.25) is 0 Å². The van der Waals surface area contributed by atoms with Gasteiger partial charge in [-0.1, -0.05) is 13.8 Å². The minimum Gasteiger partial charge on any atom is -0.464 e. The lowest BCUT2D eigenvalue weighted by atomic mass is 10.2. The van der Waals surface area contributed by atoms with Gasteiger partial charge in [-0.25, -0.2) is 9.78 Å². The van der Waals surface area contributed by atoms with Gasteiger partial charge in [0.1, 0.15) is 5.82 Å². The van der Waals surface area contributed by atoms with Gasteiger partial charge in [-0.15, -0.1) is 0 Å². The molecule has 1 amide bonds. The summed E-state index contributed by atoms with van der Waals surface area (Å²) >= 11 is 0. The standard InChI is InChI=1S/C13H20N4O3/c1-9(2)6-16-12(18)4-5-15-11-8-14-7-10(17-11)13(19)20-3/h7-9H,4-6H2,1-3H3,(H,15,17)(H,16,18). The van der Waals surface area contributed by atoms with Crippen LogP contribution in [0.15, 0.2) is 12.4 Å².